The van der Waals surface area contributed by atoms with Crippen molar-refractivity contribution in [2.75, 3.05) is 57.3 Å². The Bertz CT molecular complexity index is 791. The van der Waals surface area contributed by atoms with Crippen LogP contribution in [0, 0.1) is 5.92 Å². The van der Waals surface area contributed by atoms with Gasteiger partial charge in [0.2, 0.25) is 10.0 Å². The summed E-state index contributed by atoms with van der Waals surface area (Å²) in [5, 5.41) is 1.73. The van der Waals surface area contributed by atoms with Crippen LogP contribution in [-0.4, -0.2) is 85.7 Å². The Balaban J connectivity index is 1.38. The summed E-state index contributed by atoms with van der Waals surface area (Å²) in [7, 11) is -3.59. The van der Waals surface area contributed by atoms with E-state index in [9.17, 15) is 13.2 Å². The molecule has 1 saturated carbocycles. The Morgan fingerprint density at radius 2 is 1.69 bits per heavy atom. The van der Waals surface area contributed by atoms with Crippen LogP contribution in [0.3, 0.4) is 0 Å². The van der Waals surface area contributed by atoms with Gasteiger partial charge in [-0.05, 0) is 30.2 Å². The molecule has 29 heavy (non-hydrogen) atoms. The summed E-state index contributed by atoms with van der Waals surface area (Å²) in [5.74, 6) is 2.32. The van der Waals surface area contributed by atoms with Gasteiger partial charge >= 0.3 is 0 Å². The van der Waals surface area contributed by atoms with Crippen molar-refractivity contribution >= 4 is 39.0 Å². The molecule has 0 bridgehead atoms. The second-order valence-corrected chi connectivity index (χ2v) is 12.3. The van der Waals surface area contributed by atoms with Crippen molar-refractivity contribution in [2.24, 2.45) is 5.92 Å². The maximum atomic E-state index is 13.1. The molecule has 0 aromatic carbocycles. The van der Waals surface area contributed by atoms with E-state index in [4.69, 9.17) is 0 Å². The Labute approximate surface area is 182 Å². The van der Waals surface area contributed by atoms with Gasteiger partial charge in [-0.1, -0.05) is 19.3 Å². The molecule has 2 aliphatic heterocycles. The number of piperazine rings is 1. The molecule has 1 aliphatic carbocycles. The molecule has 1 amide bonds. The number of carbonyl (C=O) groups excluding carboxylic acids is 1. The number of thiophene rings is 1. The minimum atomic E-state index is -3.59. The number of thioether (sulfide) groups is 1. The van der Waals surface area contributed by atoms with E-state index in [0.29, 0.717) is 31.1 Å². The summed E-state index contributed by atoms with van der Waals surface area (Å²) in [5.41, 5.74) is 0. The quantitative estimate of drug-likeness (QED) is 0.680. The van der Waals surface area contributed by atoms with Crippen molar-refractivity contribution in [2.45, 2.75) is 37.0 Å². The first kappa shape index (κ1) is 21.6. The summed E-state index contributed by atoms with van der Waals surface area (Å²) < 4.78 is 27.7. The van der Waals surface area contributed by atoms with Crippen LogP contribution in [0.5, 0.6) is 0 Å². The number of sulfonamides is 1. The lowest BCUT2D eigenvalue weighted by molar-refractivity contribution is 0.0607. The number of carbonyl (C=O) groups is 1. The van der Waals surface area contributed by atoms with Gasteiger partial charge in [0.05, 0.1) is 0 Å². The van der Waals surface area contributed by atoms with E-state index in [2.05, 4.69) is 4.90 Å². The molecule has 2 saturated heterocycles. The Hall–Kier alpha value is -0.610. The molecule has 3 fully saturated rings. The van der Waals surface area contributed by atoms with Crippen LogP contribution in [0.4, 0.5) is 0 Å². The van der Waals surface area contributed by atoms with Gasteiger partial charge in [-0.15, -0.1) is 11.3 Å². The molecular weight excluding hydrogens is 426 g/mol. The number of hydrogen-bond donors (Lipinski definition) is 0. The highest BCUT2D eigenvalue weighted by atomic mass is 32.2. The zero-order valence-corrected chi connectivity index (χ0v) is 19.4. The molecular formula is C20H31N3O3S3. The number of nitrogens with zero attached hydrogens (tertiary/aromatic N) is 3. The number of hydrogen-bond acceptors (Lipinski definition) is 6. The Morgan fingerprint density at radius 3 is 2.38 bits per heavy atom. The monoisotopic (exact) mass is 457 g/mol. The van der Waals surface area contributed by atoms with Crippen LogP contribution in [-0.2, 0) is 10.0 Å². The van der Waals surface area contributed by atoms with E-state index in [0.717, 1.165) is 37.1 Å². The van der Waals surface area contributed by atoms with Gasteiger partial charge in [-0.25, -0.2) is 8.42 Å². The first-order valence-electron chi connectivity index (χ1n) is 10.7. The molecule has 4 rings (SSSR count). The highest BCUT2D eigenvalue weighted by Crippen LogP contribution is 2.29. The largest absolute Gasteiger partial charge is 0.335 e. The normalized spacial score (nSPS) is 23.4. The summed E-state index contributed by atoms with van der Waals surface area (Å²) in [6.45, 7) is 5.34. The fourth-order valence-corrected chi connectivity index (χ4v) is 8.53. The minimum absolute atomic E-state index is 0.123. The predicted octanol–water partition coefficient (Wildman–Crippen LogP) is 2.82. The highest BCUT2D eigenvalue weighted by Gasteiger charge is 2.33. The molecule has 0 N–H and O–H groups in total. The topological polar surface area (TPSA) is 60.9 Å². The molecule has 0 atom stereocenters. The number of amides is 1. The molecule has 3 aliphatic rings. The lowest BCUT2D eigenvalue weighted by Crippen LogP contribution is -2.50. The van der Waals surface area contributed by atoms with Gasteiger partial charge in [-0.3, -0.25) is 9.69 Å². The van der Waals surface area contributed by atoms with Crippen LogP contribution in [0.2, 0.25) is 0 Å². The third-order valence-corrected chi connectivity index (χ3v) is 10.2. The average molecular weight is 458 g/mol. The van der Waals surface area contributed by atoms with E-state index in [-0.39, 0.29) is 10.8 Å². The first-order chi connectivity index (χ1) is 14.1. The number of rotatable bonds is 5. The molecule has 0 unspecified atom stereocenters. The van der Waals surface area contributed by atoms with Crippen molar-refractivity contribution in [3.8, 4) is 0 Å². The second kappa shape index (κ2) is 9.68. The minimum Gasteiger partial charge on any atom is -0.335 e. The van der Waals surface area contributed by atoms with Crippen molar-refractivity contribution in [3.63, 3.8) is 0 Å². The molecule has 162 valence electrons. The van der Waals surface area contributed by atoms with Gasteiger partial charge in [0.25, 0.3) is 5.91 Å². The van der Waals surface area contributed by atoms with Crippen molar-refractivity contribution in [3.05, 3.63) is 16.3 Å². The van der Waals surface area contributed by atoms with Gasteiger partial charge in [-0.2, -0.15) is 16.1 Å². The summed E-state index contributed by atoms with van der Waals surface area (Å²) >= 11 is 3.03. The van der Waals surface area contributed by atoms with Crippen molar-refractivity contribution in [1.82, 2.24) is 14.1 Å². The van der Waals surface area contributed by atoms with Gasteiger partial charge in [0.1, 0.15) is 9.77 Å². The lowest BCUT2D eigenvalue weighted by Gasteiger charge is -2.37. The molecule has 0 spiro atoms. The van der Waals surface area contributed by atoms with Crippen molar-refractivity contribution in [1.29, 1.82) is 0 Å². The summed E-state index contributed by atoms with van der Waals surface area (Å²) in [6, 6.07) is 1.61. The maximum absolute atomic E-state index is 13.1. The van der Waals surface area contributed by atoms with E-state index in [1.54, 1.807) is 23.2 Å². The van der Waals surface area contributed by atoms with Crippen LogP contribution in [0.1, 0.15) is 41.8 Å². The van der Waals surface area contributed by atoms with Gasteiger partial charge < -0.3 is 4.90 Å². The van der Waals surface area contributed by atoms with E-state index in [1.807, 2.05) is 4.90 Å². The van der Waals surface area contributed by atoms with Gasteiger partial charge in [0, 0.05) is 57.3 Å². The Morgan fingerprint density at radius 1 is 1.00 bits per heavy atom. The third kappa shape index (κ3) is 5.01. The molecule has 0 radical (unpaired) electrons. The smallest absolute Gasteiger partial charge is 0.265 e. The maximum Gasteiger partial charge on any atom is 0.265 e. The average Bonchev–Trinajstić information content (AvgIpc) is 3.26. The van der Waals surface area contributed by atoms with Crippen LogP contribution in [0.15, 0.2) is 16.3 Å². The molecule has 1 aromatic heterocycles. The summed E-state index contributed by atoms with van der Waals surface area (Å²) in [6.07, 6.45) is 6.76. The van der Waals surface area contributed by atoms with Crippen LogP contribution >= 0.6 is 23.1 Å². The summed E-state index contributed by atoms with van der Waals surface area (Å²) in [4.78, 5) is 18.0. The molecule has 6 nitrogen and oxygen atoms in total. The standard InChI is InChI=1S/C20H31N3O3S3/c24-20(22-9-7-21(8-10-22)16-17-4-2-1-3-5-17)19-18(6-13-28-19)29(25,26)23-11-14-27-15-12-23/h6,13,17H,1-5,7-12,14-16H2. The Kier molecular flexibility index (Phi) is 7.22. The third-order valence-electron chi connectivity index (χ3n) is 6.31. The molecule has 1 aromatic rings. The lowest BCUT2D eigenvalue weighted by atomic mass is 9.89. The van der Waals surface area contributed by atoms with E-state index in [1.165, 1.54) is 47.7 Å². The van der Waals surface area contributed by atoms with Gasteiger partial charge in [0.15, 0.2) is 0 Å². The molecule has 3 heterocycles. The van der Waals surface area contributed by atoms with E-state index >= 15 is 0 Å². The molecule has 9 heteroatoms. The zero-order chi connectivity index (χ0) is 20.3. The van der Waals surface area contributed by atoms with Crippen LogP contribution < -0.4 is 0 Å². The van der Waals surface area contributed by atoms with Crippen molar-refractivity contribution < 1.29 is 13.2 Å². The zero-order valence-electron chi connectivity index (χ0n) is 16.9. The fourth-order valence-electron chi connectivity index (χ4n) is 4.59. The van der Waals surface area contributed by atoms with E-state index < -0.39 is 10.0 Å². The SMILES string of the molecule is O=C(c1sccc1S(=O)(=O)N1CCSCC1)N1CCN(CC2CCCCC2)CC1. The fraction of sp³-hybridized carbons (Fsp3) is 0.750. The first-order valence-corrected chi connectivity index (χ1v) is 14.2. The van der Waals surface area contributed by atoms with Crippen LogP contribution in [0.25, 0.3) is 0 Å². The predicted molar refractivity (Wildman–Crippen MR) is 119 cm³/mol. The second-order valence-electron chi connectivity index (χ2n) is 8.23. The highest BCUT2D eigenvalue weighted by molar-refractivity contribution is 7.99.